The Morgan fingerprint density at radius 3 is 2.28 bits per heavy atom. The first-order valence-electron chi connectivity index (χ1n) is 6.83. The maximum atomic E-state index is 12.6. The Balaban J connectivity index is 2.02. The van der Waals surface area contributed by atoms with Gasteiger partial charge in [0, 0.05) is 25.2 Å². The Kier molecular flexibility index (Phi) is 2.46. The van der Waals surface area contributed by atoms with E-state index in [2.05, 4.69) is 5.32 Å². The number of urea groups is 1. The summed E-state index contributed by atoms with van der Waals surface area (Å²) in [6.07, 6.45) is 3.81. The van der Waals surface area contributed by atoms with Crippen molar-refractivity contribution in [1.82, 2.24) is 15.1 Å². The Labute approximate surface area is 107 Å². The van der Waals surface area contributed by atoms with Gasteiger partial charge >= 0.3 is 6.03 Å². The van der Waals surface area contributed by atoms with Gasteiger partial charge in [-0.15, -0.1) is 0 Å². The second kappa shape index (κ2) is 3.70. The fourth-order valence-corrected chi connectivity index (χ4v) is 4.06. The van der Waals surface area contributed by atoms with Crippen LogP contribution in [-0.2, 0) is 4.79 Å². The lowest BCUT2D eigenvalue weighted by Crippen LogP contribution is -2.60. The van der Waals surface area contributed by atoms with Gasteiger partial charge in [0.05, 0.1) is 0 Å². The molecule has 3 rings (SSSR count). The van der Waals surface area contributed by atoms with E-state index < -0.39 is 5.54 Å². The maximum absolute atomic E-state index is 12.6. The van der Waals surface area contributed by atoms with Gasteiger partial charge in [-0.25, -0.2) is 4.79 Å². The predicted molar refractivity (Wildman–Crippen MR) is 67.1 cm³/mol. The molecule has 0 radical (unpaired) electrons. The van der Waals surface area contributed by atoms with Crippen molar-refractivity contribution >= 4 is 11.9 Å². The van der Waals surface area contributed by atoms with Crippen LogP contribution in [0.5, 0.6) is 0 Å². The van der Waals surface area contributed by atoms with E-state index >= 15 is 0 Å². The number of nitrogens with one attached hydrogen (secondary N) is 1. The van der Waals surface area contributed by atoms with Crippen LogP contribution < -0.4 is 5.32 Å². The van der Waals surface area contributed by atoms with E-state index in [-0.39, 0.29) is 18.0 Å². The van der Waals surface area contributed by atoms with Crippen LogP contribution in [0, 0.1) is 0 Å². The molecule has 2 bridgehead atoms. The Bertz CT molecular complexity index is 395. The lowest BCUT2D eigenvalue weighted by molar-refractivity contribution is -0.135. The van der Waals surface area contributed by atoms with Gasteiger partial charge < -0.3 is 10.2 Å². The van der Waals surface area contributed by atoms with Crippen molar-refractivity contribution in [3.05, 3.63) is 0 Å². The largest absolute Gasteiger partial charge is 0.327 e. The lowest BCUT2D eigenvalue weighted by Gasteiger charge is -2.43. The third kappa shape index (κ3) is 1.37. The van der Waals surface area contributed by atoms with Gasteiger partial charge in [-0.1, -0.05) is 0 Å². The molecule has 100 valence electrons. The molecule has 0 aliphatic carbocycles. The highest BCUT2D eigenvalue weighted by atomic mass is 16.2. The van der Waals surface area contributed by atoms with Crippen molar-refractivity contribution in [3.8, 4) is 0 Å². The summed E-state index contributed by atoms with van der Waals surface area (Å²) in [5.74, 6) is -0.000370. The van der Waals surface area contributed by atoms with E-state index in [0.29, 0.717) is 12.1 Å². The van der Waals surface area contributed by atoms with Crippen LogP contribution in [0.15, 0.2) is 0 Å². The lowest BCUT2D eigenvalue weighted by atomic mass is 9.82. The fourth-order valence-electron chi connectivity index (χ4n) is 4.06. The highest BCUT2D eigenvalue weighted by molar-refractivity contribution is 6.07. The molecule has 1 N–H and O–H groups in total. The molecule has 0 aromatic carbocycles. The molecule has 3 amide bonds. The van der Waals surface area contributed by atoms with E-state index in [1.165, 1.54) is 4.90 Å². The minimum atomic E-state index is -0.572. The number of likely N-dealkylation sites (N-methyl/N-ethyl adjacent to an activating group) is 1. The molecular weight excluding hydrogens is 230 g/mol. The van der Waals surface area contributed by atoms with Crippen molar-refractivity contribution < 1.29 is 9.59 Å². The molecule has 3 heterocycles. The first kappa shape index (κ1) is 12.0. The van der Waals surface area contributed by atoms with Crippen LogP contribution in [0.3, 0.4) is 0 Å². The van der Waals surface area contributed by atoms with Crippen molar-refractivity contribution in [2.75, 3.05) is 7.05 Å². The Morgan fingerprint density at radius 1 is 1.22 bits per heavy atom. The molecule has 3 aliphatic heterocycles. The van der Waals surface area contributed by atoms with Gasteiger partial charge in [0.15, 0.2) is 0 Å². The minimum absolute atomic E-state index is 0.000370. The summed E-state index contributed by atoms with van der Waals surface area (Å²) >= 11 is 0. The average Bonchev–Trinajstić information content (AvgIpc) is 2.73. The van der Waals surface area contributed by atoms with Crippen LogP contribution in [0.25, 0.3) is 0 Å². The van der Waals surface area contributed by atoms with E-state index in [1.807, 2.05) is 18.7 Å². The average molecular weight is 251 g/mol. The molecule has 5 heteroatoms. The molecule has 2 atom stereocenters. The third-order valence-electron chi connectivity index (χ3n) is 4.68. The molecule has 0 saturated carbocycles. The number of rotatable bonds is 1. The van der Waals surface area contributed by atoms with E-state index in [9.17, 15) is 9.59 Å². The van der Waals surface area contributed by atoms with Gasteiger partial charge in [0.1, 0.15) is 5.54 Å². The van der Waals surface area contributed by atoms with Crippen LogP contribution in [0.4, 0.5) is 4.79 Å². The summed E-state index contributed by atoms with van der Waals surface area (Å²) < 4.78 is 0. The quantitative estimate of drug-likeness (QED) is 0.706. The molecule has 1 spiro atoms. The maximum Gasteiger partial charge on any atom is 0.327 e. The number of carbonyl (C=O) groups excluding carboxylic acids is 2. The van der Waals surface area contributed by atoms with E-state index in [4.69, 9.17) is 0 Å². The van der Waals surface area contributed by atoms with Gasteiger partial charge in [-0.2, -0.15) is 0 Å². The molecular formula is C13H21N3O2. The number of imide groups is 1. The van der Waals surface area contributed by atoms with Crippen LogP contribution in [-0.4, -0.2) is 52.5 Å². The fraction of sp³-hybridized carbons (Fsp3) is 0.846. The summed E-state index contributed by atoms with van der Waals surface area (Å²) in [5, 5.41) is 3.54. The highest BCUT2D eigenvalue weighted by Crippen LogP contribution is 2.43. The minimum Gasteiger partial charge on any atom is -0.311 e. The summed E-state index contributed by atoms with van der Waals surface area (Å²) in [7, 11) is 1.61. The second-order valence-corrected chi connectivity index (χ2v) is 6.19. The first-order valence-corrected chi connectivity index (χ1v) is 6.83. The second-order valence-electron chi connectivity index (χ2n) is 6.19. The van der Waals surface area contributed by atoms with Gasteiger partial charge in [-0.3, -0.25) is 9.69 Å². The summed E-state index contributed by atoms with van der Waals surface area (Å²) in [4.78, 5) is 28.0. The van der Waals surface area contributed by atoms with Crippen molar-refractivity contribution in [2.24, 2.45) is 0 Å². The number of piperidine rings is 1. The van der Waals surface area contributed by atoms with Gasteiger partial charge in [0.2, 0.25) is 0 Å². The number of fused-ring (bicyclic) bond motifs is 2. The van der Waals surface area contributed by atoms with Crippen molar-refractivity contribution in [1.29, 1.82) is 0 Å². The molecule has 2 unspecified atom stereocenters. The normalized spacial score (nSPS) is 39.6. The summed E-state index contributed by atoms with van der Waals surface area (Å²) in [6.45, 7) is 3.99. The molecule has 3 fully saturated rings. The monoisotopic (exact) mass is 251 g/mol. The molecule has 0 aromatic heterocycles. The zero-order valence-corrected chi connectivity index (χ0v) is 11.3. The number of hydrogen-bond acceptors (Lipinski definition) is 3. The van der Waals surface area contributed by atoms with Crippen LogP contribution >= 0.6 is 0 Å². The molecule has 3 aliphatic rings. The van der Waals surface area contributed by atoms with Crippen LogP contribution in [0.2, 0.25) is 0 Å². The highest BCUT2D eigenvalue weighted by Gasteiger charge is 2.60. The third-order valence-corrected chi connectivity index (χ3v) is 4.68. The molecule has 0 aromatic rings. The van der Waals surface area contributed by atoms with Crippen LogP contribution in [0.1, 0.15) is 39.5 Å². The van der Waals surface area contributed by atoms with Crippen molar-refractivity contribution in [2.45, 2.75) is 63.2 Å². The Hall–Kier alpha value is -1.10. The molecule has 3 saturated heterocycles. The Morgan fingerprint density at radius 2 is 1.78 bits per heavy atom. The van der Waals surface area contributed by atoms with E-state index in [1.54, 1.807) is 7.05 Å². The first-order chi connectivity index (χ1) is 8.45. The predicted octanol–water partition coefficient (Wildman–Crippen LogP) is 0.942. The topological polar surface area (TPSA) is 52.7 Å². The van der Waals surface area contributed by atoms with Crippen molar-refractivity contribution in [3.63, 3.8) is 0 Å². The zero-order chi connectivity index (χ0) is 13.1. The number of carbonyl (C=O) groups is 2. The standard InChI is InChI=1S/C13H21N3O2/c1-8(2)16-12(18)15(3)11(17)13(16)6-9-4-5-10(7-13)14-9/h8-10,14H,4-7H2,1-3H3. The number of nitrogens with zero attached hydrogens (tertiary/aromatic N) is 2. The smallest absolute Gasteiger partial charge is 0.311 e. The summed E-state index contributed by atoms with van der Waals surface area (Å²) in [6, 6.07) is 0.738. The zero-order valence-electron chi connectivity index (χ0n) is 11.3. The summed E-state index contributed by atoms with van der Waals surface area (Å²) in [5.41, 5.74) is -0.572. The number of hydrogen-bond donors (Lipinski definition) is 1. The molecule has 5 nitrogen and oxygen atoms in total. The number of amides is 3. The van der Waals surface area contributed by atoms with Gasteiger partial charge in [-0.05, 0) is 39.5 Å². The molecule has 18 heavy (non-hydrogen) atoms. The SMILES string of the molecule is CC(C)N1C(=O)N(C)C(=O)C12CC1CCC(C2)N1. The van der Waals surface area contributed by atoms with Gasteiger partial charge in [0.25, 0.3) is 5.91 Å². The van der Waals surface area contributed by atoms with E-state index in [0.717, 1.165) is 25.7 Å².